The Morgan fingerprint density at radius 3 is 3.04 bits per heavy atom. The van der Waals surface area contributed by atoms with Gasteiger partial charge in [0.05, 0.1) is 6.42 Å². The molecule has 4 nitrogen and oxygen atoms in total. The lowest BCUT2D eigenvalue weighted by Gasteiger charge is -2.33. The summed E-state index contributed by atoms with van der Waals surface area (Å²) in [6, 6.07) is 4.50. The summed E-state index contributed by atoms with van der Waals surface area (Å²) in [7, 11) is 0. The normalized spacial score (nSPS) is 18.0. The maximum absolute atomic E-state index is 13.9. The van der Waals surface area contributed by atoms with Crippen molar-refractivity contribution in [3.63, 3.8) is 0 Å². The minimum absolute atomic E-state index is 0.000441. The van der Waals surface area contributed by atoms with E-state index in [0.717, 1.165) is 25.2 Å². The van der Waals surface area contributed by atoms with Gasteiger partial charge in [-0.15, -0.1) is 0 Å². The summed E-state index contributed by atoms with van der Waals surface area (Å²) in [6.07, 6.45) is 5.72. The van der Waals surface area contributed by atoms with E-state index in [9.17, 15) is 9.18 Å². The number of nitrogens with zero attached hydrogens (tertiary/aromatic N) is 3. The lowest BCUT2D eigenvalue weighted by atomic mass is 9.96. The quantitative estimate of drug-likeness (QED) is 0.845. The third-order valence-corrected chi connectivity index (χ3v) is 4.97. The third kappa shape index (κ3) is 3.46. The summed E-state index contributed by atoms with van der Waals surface area (Å²) in [5.74, 6) is 0.750. The molecule has 0 bridgehead atoms. The van der Waals surface area contributed by atoms with Crippen LogP contribution in [0, 0.1) is 5.82 Å². The fourth-order valence-electron chi connectivity index (χ4n) is 3.33. The average molecular weight is 350 g/mol. The number of carbonyl (C=O) groups is 1. The van der Waals surface area contributed by atoms with E-state index in [1.54, 1.807) is 18.3 Å². The SMILES string of the molecule is CCn1ccnc1C1CCCN(C(=O)Cc2c(F)cccc2Cl)C1. The van der Waals surface area contributed by atoms with Gasteiger partial charge in [-0.05, 0) is 31.9 Å². The number of aryl methyl sites for hydroxylation is 1. The van der Waals surface area contributed by atoms with E-state index in [0.29, 0.717) is 18.1 Å². The second-order valence-electron chi connectivity index (χ2n) is 6.13. The molecule has 1 saturated heterocycles. The average Bonchev–Trinajstić information content (AvgIpc) is 3.07. The summed E-state index contributed by atoms with van der Waals surface area (Å²) in [6.45, 7) is 4.28. The number of hydrogen-bond donors (Lipinski definition) is 0. The Morgan fingerprint density at radius 2 is 2.29 bits per heavy atom. The van der Waals surface area contributed by atoms with E-state index < -0.39 is 5.82 Å². The molecule has 1 amide bonds. The zero-order valence-corrected chi connectivity index (χ0v) is 14.5. The predicted octanol–water partition coefficient (Wildman–Crippen LogP) is 3.64. The van der Waals surface area contributed by atoms with Crippen molar-refractivity contribution in [1.29, 1.82) is 0 Å². The van der Waals surface area contributed by atoms with Crippen LogP contribution >= 0.6 is 11.6 Å². The Kier molecular flexibility index (Phi) is 5.19. The highest BCUT2D eigenvalue weighted by Crippen LogP contribution is 2.27. The molecule has 128 valence electrons. The van der Waals surface area contributed by atoms with Gasteiger partial charge in [-0.3, -0.25) is 4.79 Å². The topological polar surface area (TPSA) is 38.1 Å². The summed E-state index contributed by atoms with van der Waals surface area (Å²) in [5, 5.41) is 0.304. The number of halogens is 2. The molecule has 2 heterocycles. The van der Waals surface area contributed by atoms with Crippen LogP contribution < -0.4 is 0 Å². The minimum Gasteiger partial charge on any atom is -0.342 e. The van der Waals surface area contributed by atoms with Crippen molar-refractivity contribution >= 4 is 17.5 Å². The second-order valence-corrected chi connectivity index (χ2v) is 6.53. The molecule has 1 aliphatic heterocycles. The summed E-state index contributed by atoms with van der Waals surface area (Å²) in [5.41, 5.74) is 0.279. The van der Waals surface area contributed by atoms with Crippen LogP contribution in [0.25, 0.3) is 0 Å². The van der Waals surface area contributed by atoms with Crippen molar-refractivity contribution in [2.75, 3.05) is 13.1 Å². The number of benzene rings is 1. The van der Waals surface area contributed by atoms with Gasteiger partial charge in [0.1, 0.15) is 11.6 Å². The van der Waals surface area contributed by atoms with Crippen molar-refractivity contribution in [1.82, 2.24) is 14.5 Å². The number of imidazole rings is 1. The fourth-order valence-corrected chi connectivity index (χ4v) is 3.56. The molecule has 0 radical (unpaired) electrons. The van der Waals surface area contributed by atoms with Gasteiger partial charge in [0.2, 0.25) is 5.91 Å². The Balaban J connectivity index is 1.71. The van der Waals surface area contributed by atoms with E-state index in [1.165, 1.54) is 6.07 Å². The number of hydrogen-bond acceptors (Lipinski definition) is 2. The number of aromatic nitrogens is 2. The van der Waals surface area contributed by atoms with Crippen LogP contribution in [-0.4, -0.2) is 33.4 Å². The van der Waals surface area contributed by atoms with Gasteiger partial charge in [-0.2, -0.15) is 0 Å². The van der Waals surface area contributed by atoms with Gasteiger partial charge in [0.15, 0.2) is 0 Å². The Hall–Kier alpha value is -1.88. The summed E-state index contributed by atoms with van der Waals surface area (Å²) in [4.78, 5) is 18.9. The first-order valence-electron chi connectivity index (χ1n) is 8.31. The molecule has 1 atom stereocenters. The molecule has 3 rings (SSSR count). The van der Waals surface area contributed by atoms with Gasteiger partial charge in [0, 0.05) is 48.5 Å². The molecule has 24 heavy (non-hydrogen) atoms. The van der Waals surface area contributed by atoms with Crippen molar-refractivity contribution in [3.05, 3.63) is 52.8 Å². The Labute approximate surface area is 146 Å². The van der Waals surface area contributed by atoms with Crippen molar-refractivity contribution in [2.24, 2.45) is 0 Å². The molecule has 1 aliphatic rings. The summed E-state index contributed by atoms with van der Waals surface area (Å²) >= 11 is 6.04. The van der Waals surface area contributed by atoms with Gasteiger partial charge in [0.25, 0.3) is 0 Å². The molecule has 1 aromatic carbocycles. The van der Waals surface area contributed by atoms with Gasteiger partial charge in [-0.1, -0.05) is 17.7 Å². The first-order chi connectivity index (χ1) is 11.6. The van der Waals surface area contributed by atoms with Gasteiger partial charge < -0.3 is 9.47 Å². The molecular weight excluding hydrogens is 329 g/mol. The number of carbonyl (C=O) groups excluding carboxylic acids is 1. The third-order valence-electron chi connectivity index (χ3n) is 4.62. The highest BCUT2D eigenvalue weighted by molar-refractivity contribution is 6.31. The zero-order valence-electron chi connectivity index (χ0n) is 13.7. The van der Waals surface area contributed by atoms with Crippen molar-refractivity contribution < 1.29 is 9.18 Å². The molecule has 1 fully saturated rings. The molecule has 6 heteroatoms. The fraction of sp³-hybridized carbons (Fsp3) is 0.444. The van der Waals surface area contributed by atoms with Crippen LogP contribution in [0.15, 0.2) is 30.6 Å². The number of likely N-dealkylation sites (tertiary alicyclic amines) is 1. The van der Waals surface area contributed by atoms with Crippen LogP contribution in [0.3, 0.4) is 0 Å². The Morgan fingerprint density at radius 1 is 1.46 bits per heavy atom. The molecule has 2 aromatic rings. The molecule has 0 saturated carbocycles. The number of piperidine rings is 1. The van der Waals surface area contributed by atoms with Crippen molar-refractivity contribution in [2.45, 2.75) is 38.6 Å². The van der Waals surface area contributed by atoms with Crippen molar-refractivity contribution in [3.8, 4) is 0 Å². The predicted molar refractivity (Wildman–Crippen MR) is 91.6 cm³/mol. The number of amides is 1. The standard InChI is InChI=1S/C18H21ClFN3O/c1-2-22-10-8-21-18(22)13-5-4-9-23(12-13)17(24)11-14-15(19)6-3-7-16(14)20/h3,6-8,10,13H,2,4-5,9,11-12H2,1H3. The Bertz CT molecular complexity index is 711. The highest BCUT2D eigenvalue weighted by atomic mass is 35.5. The van der Waals surface area contributed by atoms with Crippen LogP contribution in [0.2, 0.25) is 5.02 Å². The maximum Gasteiger partial charge on any atom is 0.227 e. The lowest BCUT2D eigenvalue weighted by molar-refractivity contribution is -0.131. The minimum atomic E-state index is -0.425. The monoisotopic (exact) mass is 349 g/mol. The van der Waals surface area contributed by atoms with E-state index in [4.69, 9.17) is 11.6 Å². The van der Waals surface area contributed by atoms with Gasteiger partial charge >= 0.3 is 0 Å². The van der Waals surface area contributed by atoms with Crippen LogP contribution in [0.4, 0.5) is 4.39 Å². The second kappa shape index (κ2) is 7.34. The summed E-state index contributed by atoms with van der Waals surface area (Å²) < 4.78 is 16.0. The molecular formula is C18H21ClFN3O. The highest BCUT2D eigenvalue weighted by Gasteiger charge is 2.28. The molecule has 0 aliphatic carbocycles. The van der Waals surface area contributed by atoms with Crippen LogP contribution in [0.1, 0.15) is 37.1 Å². The van der Waals surface area contributed by atoms with Crippen LogP contribution in [-0.2, 0) is 17.8 Å². The van der Waals surface area contributed by atoms with E-state index in [-0.39, 0.29) is 23.8 Å². The lowest BCUT2D eigenvalue weighted by Crippen LogP contribution is -2.40. The smallest absolute Gasteiger partial charge is 0.227 e. The first-order valence-corrected chi connectivity index (χ1v) is 8.69. The molecule has 0 spiro atoms. The largest absolute Gasteiger partial charge is 0.342 e. The zero-order chi connectivity index (χ0) is 17.1. The molecule has 0 N–H and O–H groups in total. The molecule has 1 aromatic heterocycles. The van der Waals surface area contributed by atoms with E-state index in [2.05, 4.69) is 16.5 Å². The van der Waals surface area contributed by atoms with E-state index in [1.807, 2.05) is 11.1 Å². The molecule has 1 unspecified atom stereocenters. The number of rotatable bonds is 4. The van der Waals surface area contributed by atoms with Gasteiger partial charge in [-0.25, -0.2) is 9.37 Å². The van der Waals surface area contributed by atoms with E-state index >= 15 is 0 Å². The maximum atomic E-state index is 13.9. The van der Waals surface area contributed by atoms with Crippen LogP contribution in [0.5, 0.6) is 0 Å². The first kappa shape index (κ1) is 17.0.